The van der Waals surface area contributed by atoms with Crippen LogP contribution in [0.2, 0.25) is 0 Å². The minimum Gasteiger partial charge on any atom is -0.374 e. The van der Waals surface area contributed by atoms with E-state index < -0.39 is 0 Å². The largest absolute Gasteiger partial charge is 0.374 e. The number of amides is 1. The van der Waals surface area contributed by atoms with E-state index in [0.717, 1.165) is 18.5 Å². The molecule has 0 aromatic heterocycles. The van der Waals surface area contributed by atoms with Gasteiger partial charge in [0.1, 0.15) is 6.04 Å². The summed E-state index contributed by atoms with van der Waals surface area (Å²) in [5.74, 6) is 0.0641. The van der Waals surface area contributed by atoms with E-state index in [0.29, 0.717) is 11.6 Å². The Morgan fingerprint density at radius 3 is 2.33 bits per heavy atom. The summed E-state index contributed by atoms with van der Waals surface area (Å²) in [6, 6.07) is 7.26. The highest BCUT2D eigenvalue weighted by atomic mass is 16.2. The van der Waals surface area contributed by atoms with Gasteiger partial charge >= 0.3 is 0 Å². The summed E-state index contributed by atoms with van der Waals surface area (Å²) < 4.78 is 0. The van der Waals surface area contributed by atoms with Crippen LogP contribution < -0.4 is 10.6 Å². The minimum atomic E-state index is -0.270. The number of anilines is 1. The van der Waals surface area contributed by atoms with E-state index in [4.69, 9.17) is 0 Å². The van der Waals surface area contributed by atoms with Crippen LogP contribution in [0.25, 0.3) is 0 Å². The third-order valence-electron chi connectivity index (χ3n) is 2.99. The zero-order chi connectivity index (χ0) is 13.1. The molecule has 0 heterocycles. The molecule has 0 radical (unpaired) electrons. The van der Waals surface area contributed by atoms with Crippen molar-refractivity contribution in [1.82, 2.24) is 5.32 Å². The molecule has 0 spiro atoms. The van der Waals surface area contributed by atoms with Crippen molar-refractivity contribution >= 4 is 17.4 Å². The van der Waals surface area contributed by atoms with Gasteiger partial charge in [-0.05, 0) is 51.0 Å². The van der Waals surface area contributed by atoms with E-state index in [1.165, 1.54) is 6.92 Å². The Morgan fingerprint density at radius 1 is 1.22 bits per heavy atom. The second-order valence-electron chi connectivity index (χ2n) is 4.78. The number of carbonyl (C=O) groups is 2. The monoisotopic (exact) mass is 246 g/mol. The van der Waals surface area contributed by atoms with Crippen molar-refractivity contribution in [2.75, 3.05) is 5.32 Å². The zero-order valence-electron chi connectivity index (χ0n) is 10.7. The fourth-order valence-corrected chi connectivity index (χ4v) is 1.67. The van der Waals surface area contributed by atoms with Crippen LogP contribution in [0, 0.1) is 0 Å². The Morgan fingerprint density at radius 2 is 1.83 bits per heavy atom. The maximum Gasteiger partial charge on any atom is 0.242 e. The van der Waals surface area contributed by atoms with Gasteiger partial charge in [0.15, 0.2) is 5.78 Å². The molecule has 18 heavy (non-hydrogen) atoms. The molecular weight excluding hydrogens is 228 g/mol. The summed E-state index contributed by atoms with van der Waals surface area (Å²) in [7, 11) is 0. The number of hydrogen-bond donors (Lipinski definition) is 2. The first-order valence-corrected chi connectivity index (χ1v) is 6.24. The second-order valence-corrected chi connectivity index (χ2v) is 4.78. The lowest BCUT2D eigenvalue weighted by Gasteiger charge is -2.15. The molecule has 2 N–H and O–H groups in total. The third-order valence-corrected chi connectivity index (χ3v) is 2.99. The van der Waals surface area contributed by atoms with Gasteiger partial charge in [-0.2, -0.15) is 0 Å². The average molecular weight is 246 g/mol. The SMILES string of the molecule is CC(=O)c1ccc(NC(C)C(=O)NC2CC2)cc1. The lowest BCUT2D eigenvalue weighted by Crippen LogP contribution is -2.38. The van der Waals surface area contributed by atoms with Gasteiger partial charge in [-0.15, -0.1) is 0 Å². The van der Waals surface area contributed by atoms with Crippen LogP contribution in [-0.4, -0.2) is 23.8 Å². The molecule has 1 atom stereocenters. The maximum absolute atomic E-state index is 11.7. The van der Waals surface area contributed by atoms with Crippen LogP contribution in [-0.2, 0) is 4.79 Å². The van der Waals surface area contributed by atoms with Crippen LogP contribution in [0.3, 0.4) is 0 Å². The zero-order valence-corrected chi connectivity index (χ0v) is 10.7. The minimum absolute atomic E-state index is 0.0214. The summed E-state index contributed by atoms with van der Waals surface area (Å²) in [6.45, 7) is 3.37. The van der Waals surface area contributed by atoms with Gasteiger partial charge < -0.3 is 10.6 Å². The van der Waals surface area contributed by atoms with Crippen molar-refractivity contribution in [2.24, 2.45) is 0 Å². The van der Waals surface area contributed by atoms with Crippen molar-refractivity contribution in [2.45, 2.75) is 38.8 Å². The van der Waals surface area contributed by atoms with Gasteiger partial charge in [0.05, 0.1) is 0 Å². The molecule has 0 bridgehead atoms. The lowest BCUT2D eigenvalue weighted by atomic mass is 10.1. The number of ketones is 1. The number of nitrogens with one attached hydrogen (secondary N) is 2. The molecule has 4 nitrogen and oxygen atoms in total. The van der Waals surface area contributed by atoms with Crippen molar-refractivity contribution in [3.63, 3.8) is 0 Å². The Labute approximate surface area is 107 Å². The van der Waals surface area contributed by atoms with Crippen LogP contribution >= 0.6 is 0 Å². The first-order valence-electron chi connectivity index (χ1n) is 6.24. The van der Waals surface area contributed by atoms with Crippen LogP contribution in [0.15, 0.2) is 24.3 Å². The summed E-state index contributed by atoms with van der Waals surface area (Å²) in [4.78, 5) is 22.9. The Bertz CT molecular complexity index is 449. The van der Waals surface area contributed by atoms with E-state index in [-0.39, 0.29) is 17.7 Å². The molecule has 1 aliphatic carbocycles. The van der Waals surface area contributed by atoms with Gasteiger partial charge in [-0.3, -0.25) is 9.59 Å². The molecular formula is C14H18N2O2. The highest BCUT2D eigenvalue weighted by molar-refractivity contribution is 5.94. The maximum atomic E-state index is 11.7. The molecule has 96 valence electrons. The summed E-state index contributed by atoms with van der Waals surface area (Å²) in [5.41, 5.74) is 1.52. The molecule has 4 heteroatoms. The van der Waals surface area contributed by atoms with Crippen molar-refractivity contribution < 1.29 is 9.59 Å². The van der Waals surface area contributed by atoms with E-state index in [2.05, 4.69) is 10.6 Å². The first kappa shape index (κ1) is 12.6. The molecule has 1 aromatic carbocycles. The first-order chi connectivity index (χ1) is 8.56. The standard InChI is InChI=1S/C14H18N2O2/c1-9(14(18)16-13-7-8-13)15-12-5-3-11(4-6-12)10(2)17/h3-6,9,13,15H,7-8H2,1-2H3,(H,16,18). The smallest absolute Gasteiger partial charge is 0.242 e. The van der Waals surface area contributed by atoms with Crippen molar-refractivity contribution in [3.05, 3.63) is 29.8 Å². The predicted molar refractivity (Wildman–Crippen MR) is 70.7 cm³/mol. The molecule has 1 saturated carbocycles. The van der Waals surface area contributed by atoms with E-state index in [1.807, 2.05) is 19.1 Å². The highest BCUT2D eigenvalue weighted by Gasteiger charge is 2.25. The number of Topliss-reactive ketones (excluding diaryl/α,β-unsaturated/α-hetero) is 1. The fraction of sp³-hybridized carbons (Fsp3) is 0.429. The van der Waals surface area contributed by atoms with Crippen LogP contribution in [0.4, 0.5) is 5.69 Å². The van der Waals surface area contributed by atoms with E-state index in [1.54, 1.807) is 12.1 Å². The number of rotatable bonds is 5. The molecule has 1 fully saturated rings. The Kier molecular flexibility index (Phi) is 3.65. The topological polar surface area (TPSA) is 58.2 Å². The normalized spacial score (nSPS) is 15.9. The number of benzene rings is 1. The molecule has 1 aliphatic rings. The Balaban J connectivity index is 1.91. The number of hydrogen-bond acceptors (Lipinski definition) is 3. The predicted octanol–water partition coefficient (Wildman–Crippen LogP) is 1.97. The molecule has 1 unspecified atom stereocenters. The molecule has 0 aliphatic heterocycles. The number of carbonyl (C=O) groups excluding carboxylic acids is 2. The van der Waals surface area contributed by atoms with Gasteiger partial charge in [0, 0.05) is 17.3 Å². The molecule has 1 aromatic rings. The van der Waals surface area contributed by atoms with Gasteiger partial charge in [0.25, 0.3) is 0 Å². The molecule has 1 amide bonds. The second kappa shape index (κ2) is 5.21. The lowest BCUT2D eigenvalue weighted by molar-refractivity contribution is -0.121. The van der Waals surface area contributed by atoms with Crippen molar-refractivity contribution in [1.29, 1.82) is 0 Å². The molecule has 0 saturated heterocycles. The third kappa shape index (κ3) is 3.32. The Hall–Kier alpha value is -1.84. The van der Waals surface area contributed by atoms with E-state index >= 15 is 0 Å². The van der Waals surface area contributed by atoms with E-state index in [9.17, 15) is 9.59 Å². The van der Waals surface area contributed by atoms with Crippen LogP contribution in [0.5, 0.6) is 0 Å². The molecule has 2 rings (SSSR count). The quantitative estimate of drug-likeness (QED) is 0.781. The van der Waals surface area contributed by atoms with Crippen molar-refractivity contribution in [3.8, 4) is 0 Å². The van der Waals surface area contributed by atoms with Gasteiger partial charge in [-0.1, -0.05) is 0 Å². The highest BCUT2D eigenvalue weighted by Crippen LogP contribution is 2.19. The average Bonchev–Trinajstić information content (AvgIpc) is 3.13. The van der Waals surface area contributed by atoms with Gasteiger partial charge in [-0.25, -0.2) is 0 Å². The summed E-state index contributed by atoms with van der Waals surface area (Å²) in [5, 5.41) is 6.07. The van der Waals surface area contributed by atoms with Crippen LogP contribution in [0.1, 0.15) is 37.0 Å². The fourth-order valence-electron chi connectivity index (χ4n) is 1.67. The summed E-state index contributed by atoms with van der Waals surface area (Å²) >= 11 is 0. The van der Waals surface area contributed by atoms with Gasteiger partial charge in [0.2, 0.25) is 5.91 Å². The summed E-state index contributed by atoms with van der Waals surface area (Å²) in [6.07, 6.45) is 2.18.